The van der Waals surface area contributed by atoms with Crippen LogP contribution in [-0.2, 0) is 25.4 Å². The van der Waals surface area contributed by atoms with E-state index in [1.54, 1.807) is 25.3 Å². The zero-order valence-corrected chi connectivity index (χ0v) is 16.0. The summed E-state index contributed by atoms with van der Waals surface area (Å²) >= 11 is 12.4. The first-order valence-corrected chi connectivity index (χ1v) is 8.88. The zero-order valence-electron chi connectivity index (χ0n) is 14.5. The van der Waals surface area contributed by atoms with Crippen molar-refractivity contribution in [2.75, 3.05) is 38.9 Å². The molecule has 5 nitrogen and oxygen atoms in total. The van der Waals surface area contributed by atoms with Gasteiger partial charge in [0.1, 0.15) is 6.61 Å². The van der Waals surface area contributed by atoms with Gasteiger partial charge < -0.3 is 19.5 Å². The van der Waals surface area contributed by atoms with Crippen LogP contribution in [0.4, 0.5) is 11.4 Å². The lowest BCUT2D eigenvalue weighted by atomic mass is 10.1. The molecule has 0 heterocycles. The van der Waals surface area contributed by atoms with E-state index in [4.69, 9.17) is 37.4 Å². The summed E-state index contributed by atoms with van der Waals surface area (Å²) in [5, 5.41) is 4.20. The highest BCUT2D eigenvalue weighted by molar-refractivity contribution is 6.39. The van der Waals surface area contributed by atoms with Crippen molar-refractivity contribution >= 4 is 40.5 Å². The van der Waals surface area contributed by atoms with E-state index in [0.717, 1.165) is 11.3 Å². The molecule has 0 aliphatic heterocycles. The van der Waals surface area contributed by atoms with E-state index in [2.05, 4.69) is 5.32 Å². The van der Waals surface area contributed by atoms with E-state index in [9.17, 15) is 4.79 Å². The van der Waals surface area contributed by atoms with Crippen LogP contribution in [0.25, 0.3) is 0 Å². The number of ether oxygens (including phenoxy) is 3. The van der Waals surface area contributed by atoms with Gasteiger partial charge in [0, 0.05) is 12.8 Å². The molecule has 0 fully saturated rings. The third-order valence-electron chi connectivity index (χ3n) is 3.50. The average Bonchev–Trinajstić information content (AvgIpc) is 2.62. The molecule has 1 N–H and O–H groups in total. The van der Waals surface area contributed by atoms with Gasteiger partial charge in [-0.1, -0.05) is 47.5 Å². The average molecular weight is 398 g/mol. The first-order chi connectivity index (χ1) is 12.6. The minimum absolute atomic E-state index is 0.128. The summed E-state index contributed by atoms with van der Waals surface area (Å²) in [5.41, 5.74) is 2.13. The van der Waals surface area contributed by atoms with Crippen LogP contribution >= 0.6 is 23.2 Å². The van der Waals surface area contributed by atoms with Gasteiger partial charge in [-0.15, -0.1) is 0 Å². The second kappa shape index (κ2) is 11.0. The lowest BCUT2D eigenvalue weighted by Gasteiger charge is -2.14. The summed E-state index contributed by atoms with van der Waals surface area (Å²) in [4.78, 5) is 12.1. The number of carbonyl (C=O) groups excluding carboxylic acids is 1. The number of esters is 1. The number of methoxy groups -OCH3 is 1. The first-order valence-electron chi connectivity index (χ1n) is 8.13. The number of halogens is 2. The van der Waals surface area contributed by atoms with Gasteiger partial charge >= 0.3 is 5.97 Å². The number of carbonyl (C=O) groups is 1. The minimum atomic E-state index is -0.333. The Balaban J connectivity index is 1.93. The Kier molecular flexibility index (Phi) is 8.71. The highest BCUT2D eigenvalue weighted by Crippen LogP contribution is 2.33. The van der Waals surface area contributed by atoms with Crippen molar-refractivity contribution < 1.29 is 19.0 Å². The predicted octanol–water partition coefficient (Wildman–Crippen LogP) is 4.49. The Morgan fingerprint density at radius 3 is 2.38 bits per heavy atom. The van der Waals surface area contributed by atoms with Crippen LogP contribution in [0.2, 0.25) is 10.0 Å². The van der Waals surface area contributed by atoms with Gasteiger partial charge in [0.05, 0.1) is 42.0 Å². The maximum atomic E-state index is 12.1. The fourth-order valence-corrected chi connectivity index (χ4v) is 2.71. The molecular weight excluding hydrogens is 377 g/mol. The Labute approximate surface area is 163 Å². The Morgan fingerprint density at radius 1 is 0.962 bits per heavy atom. The minimum Gasteiger partial charge on any atom is -0.463 e. The Morgan fingerprint density at radius 2 is 1.65 bits per heavy atom. The highest BCUT2D eigenvalue weighted by atomic mass is 35.5. The topological polar surface area (TPSA) is 56.8 Å². The lowest BCUT2D eigenvalue weighted by Crippen LogP contribution is -2.14. The van der Waals surface area contributed by atoms with Gasteiger partial charge in [-0.25, -0.2) is 0 Å². The molecule has 0 bridgehead atoms. The van der Waals surface area contributed by atoms with Gasteiger partial charge in [-0.05, 0) is 23.8 Å². The van der Waals surface area contributed by atoms with Gasteiger partial charge in [0.25, 0.3) is 0 Å². The van der Waals surface area contributed by atoms with Crippen molar-refractivity contribution in [3.8, 4) is 0 Å². The molecule has 0 radical (unpaired) electrons. The Hall–Kier alpha value is -1.79. The van der Waals surface area contributed by atoms with Crippen LogP contribution in [-0.4, -0.2) is 39.5 Å². The van der Waals surface area contributed by atoms with Crippen LogP contribution in [0.5, 0.6) is 0 Å². The van der Waals surface area contributed by atoms with Crippen molar-refractivity contribution in [2.24, 2.45) is 0 Å². The van der Waals surface area contributed by atoms with Gasteiger partial charge in [0.2, 0.25) is 0 Å². The fourth-order valence-electron chi connectivity index (χ4n) is 2.21. The summed E-state index contributed by atoms with van der Waals surface area (Å²) in [6.07, 6.45) is 0.128. The fraction of sp³-hybridized carbons (Fsp3) is 0.316. The lowest BCUT2D eigenvalue weighted by molar-refractivity contribution is -0.144. The maximum absolute atomic E-state index is 12.1. The SMILES string of the molecule is COCCOCCOC(=O)Cc1ccccc1Nc1c(Cl)cccc1Cl. The highest BCUT2D eigenvalue weighted by Gasteiger charge is 2.12. The second-order valence-electron chi connectivity index (χ2n) is 5.38. The number of nitrogens with one attached hydrogen (secondary N) is 1. The molecule has 7 heteroatoms. The van der Waals surface area contributed by atoms with Crippen molar-refractivity contribution in [1.29, 1.82) is 0 Å². The van der Waals surface area contributed by atoms with E-state index in [1.807, 2.05) is 24.3 Å². The first kappa shape index (κ1) is 20.5. The molecule has 0 unspecified atom stereocenters. The quantitative estimate of drug-likeness (QED) is 0.472. The normalized spacial score (nSPS) is 10.6. The van der Waals surface area contributed by atoms with Crippen LogP contribution < -0.4 is 5.32 Å². The van der Waals surface area contributed by atoms with Crippen molar-refractivity contribution in [3.63, 3.8) is 0 Å². The summed E-state index contributed by atoms with van der Waals surface area (Å²) in [6.45, 7) is 1.52. The molecule has 0 aliphatic carbocycles. The Bertz CT molecular complexity index is 704. The van der Waals surface area contributed by atoms with E-state index >= 15 is 0 Å². The molecule has 0 aliphatic rings. The zero-order chi connectivity index (χ0) is 18.8. The van der Waals surface area contributed by atoms with E-state index in [0.29, 0.717) is 35.6 Å². The van der Waals surface area contributed by atoms with Crippen molar-refractivity contribution in [2.45, 2.75) is 6.42 Å². The number of hydrogen-bond acceptors (Lipinski definition) is 5. The van der Waals surface area contributed by atoms with E-state index in [-0.39, 0.29) is 19.0 Å². The smallest absolute Gasteiger partial charge is 0.310 e. The third kappa shape index (κ3) is 6.50. The maximum Gasteiger partial charge on any atom is 0.310 e. The summed E-state index contributed by atoms with van der Waals surface area (Å²) in [6, 6.07) is 12.7. The summed E-state index contributed by atoms with van der Waals surface area (Å²) < 4.78 is 15.3. The van der Waals surface area contributed by atoms with Crippen molar-refractivity contribution in [1.82, 2.24) is 0 Å². The molecule has 0 spiro atoms. The molecular formula is C19H21Cl2NO4. The van der Waals surface area contributed by atoms with Crippen LogP contribution in [0.3, 0.4) is 0 Å². The summed E-state index contributed by atoms with van der Waals surface area (Å²) in [5.74, 6) is -0.333. The molecule has 26 heavy (non-hydrogen) atoms. The molecule has 0 amide bonds. The third-order valence-corrected chi connectivity index (χ3v) is 4.13. The van der Waals surface area contributed by atoms with Crippen molar-refractivity contribution in [3.05, 3.63) is 58.1 Å². The molecule has 2 aromatic rings. The number of benzene rings is 2. The number of hydrogen-bond donors (Lipinski definition) is 1. The second-order valence-corrected chi connectivity index (χ2v) is 6.20. The molecule has 0 aromatic heterocycles. The van der Waals surface area contributed by atoms with Gasteiger partial charge in [-0.2, -0.15) is 0 Å². The van der Waals surface area contributed by atoms with E-state index in [1.165, 1.54) is 0 Å². The van der Waals surface area contributed by atoms with E-state index < -0.39 is 0 Å². The van der Waals surface area contributed by atoms with Crippen LogP contribution in [0.15, 0.2) is 42.5 Å². The number of rotatable bonds is 10. The molecule has 0 saturated carbocycles. The summed E-state index contributed by atoms with van der Waals surface area (Å²) in [7, 11) is 1.60. The van der Waals surface area contributed by atoms with Gasteiger partial charge in [-0.3, -0.25) is 4.79 Å². The number of anilines is 2. The van der Waals surface area contributed by atoms with Gasteiger partial charge in [0.15, 0.2) is 0 Å². The monoisotopic (exact) mass is 397 g/mol. The van der Waals surface area contributed by atoms with Crippen LogP contribution in [0, 0.1) is 0 Å². The molecule has 140 valence electrons. The molecule has 0 saturated heterocycles. The standard InChI is InChI=1S/C19H21Cl2NO4/c1-24-9-10-25-11-12-26-18(23)13-14-5-2-3-8-17(14)22-19-15(20)6-4-7-16(19)21/h2-8,22H,9-13H2,1H3. The van der Waals surface area contributed by atoms with Crippen LogP contribution in [0.1, 0.15) is 5.56 Å². The number of para-hydroxylation sites is 2. The predicted molar refractivity (Wildman–Crippen MR) is 104 cm³/mol. The molecule has 0 atom stereocenters. The molecule has 2 rings (SSSR count). The largest absolute Gasteiger partial charge is 0.463 e. The molecule has 2 aromatic carbocycles.